The molecule has 124 valence electrons. The zero-order valence-corrected chi connectivity index (χ0v) is 14.4. The zero-order valence-electron chi connectivity index (χ0n) is 13.6. The van der Waals surface area contributed by atoms with Gasteiger partial charge in [0.15, 0.2) is 0 Å². The first-order valence-corrected chi connectivity index (χ1v) is 8.84. The molecule has 1 heterocycles. The molecule has 0 radical (unpaired) electrons. The van der Waals surface area contributed by atoms with Crippen LogP contribution in [0.1, 0.15) is 17.0 Å². The first-order valence-electron chi connectivity index (χ1n) is 7.36. The van der Waals surface area contributed by atoms with E-state index in [2.05, 4.69) is 14.9 Å². The summed E-state index contributed by atoms with van der Waals surface area (Å²) in [5.74, 6) is 0.876. The zero-order chi connectivity index (χ0) is 17.3. The minimum absolute atomic E-state index is 0.238. The van der Waals surface area contributed by atoms with Crippen LogP contribution in [0.5, 0.6) is 0 Å². The van der Waals surface area contributed by atoms with Crippen molar-refractivity contribution >= 4 is 15.7 Å². The van der Waals surface area contributed by atoms with Gasteiger partial charge in [-0.15, -0.1) is 10.2 Å². The smallest absolute Gasteiger partial charge is 0.261 e. The molecule has 1 N–H and O–H groups in total. The maximum Gasteiger partial charge on any atom is 0.261 e. The predicted octanol–water partition coefficient (Wildman–Crippen LogP) is 3.46. The molecule has 3 rings (SSSR count). The fourth-order valence-electron chi connectivity index (χ4n) is 2.19. The van der Waals surface area contributed by atoms with E-state index in [9.17, 15) is 8.42 Å². The Balaban J connectivity index is 1.83. The average molecular weight is 343 g/mol. The van der Waals surface area contributed by atoms with Gasteiger partial charge in [0.1, 0.15) is 0 Å². The standard InChI is InChI=1S/C17H17N3O3S/c1-11-4-9-16(10-12(11)2)24(21,22)20-15-7-5-14(6-8-15)17-19-18-13(3)23-17/h4-10,20H,1-3H3. The minimum atomic E-state index is -3.63. The van der Waals surface area contributed by atoms with Gasteiger partial charge < -0.3 is 4.42 Å². The Morgan fingerprint density at radius 3 is 2.21 bits per heavy atom. The molecule has 0 unspecified atom stereocenters. The molecule has 0 saturated heterocycles. The van der Waals surface area contributed by atoms with E-state index in [-0.39, 0.29) is 4.90 Å². The molecule has 0 fully saturated rings. The maximum atomic E-state index is 12.5. The summed E-state index contributed by atoms with van der Waals surface area (Å²) < 4.78 is 32.9. The van der Waals surface area contributed by atoms with Crippen molar-refractivity contribution in [3.8, 4) is 11.5 Å². The normalized spacial score (nSPS) is 11.5. The van der Waals surface area contributed by atoms with E-state index in [1.807, 2.05) is 13.8 Å². The van der Waals surface area contributed by atoms with Crippen LogP contribution in [-0.4, -0.2) is 18.6 Å². The summed E-state index contributed by atoms with van der Waals surface area (Å²) >= 11 is 0. The molecule has 2 aromatic carbocycles. The molecule has 0 aliphatic carbocycles. The summed E-state index contributed by atoms with van der Waals surface area (Å²) in [4.78, 5) is 0.238. The van der Waals surface area contributed by atoms with E-state index in [1.165, 1.54) is 0 Å². The number of benzene rings is 2. The third-order valence-electron chi connectivity index (χ3n) is 3.70. The van der Waals surface area contributed by atoms with Crippen LogP contribution >= 0.6 is 0 Å². The molecule has 0 atom stereocenters. The van der Waals surface area contributed by atoms with E-state index in [0.29, 0.717) is 17.5 Å². The number of hydrogen-bond donors (Lipinski definition) is 1. The molecule has 7 heteroatoms. The number of nitrogens with one attached hydrogen (secondary N) is 1. The average Bonchev–Trinajstić information content (AvgIpc) is 2.97. The lowest BCUT2D eigenvalue weighted by Crippen LogP contribution is -2.13. The second-order valence-corrected chi connectivity index (χ2v) is 7.24. The Bertz CT molecular complexity index is 977. The summed E-state index contributed by atoms with van der Waals surface area (Å²) in [6.45, 7) is 5.54. The van der Waals surface area contributed by atoms with Crippen LogP contribution < -0.4 is 4.72 Å². The molecule has 1 aromatic heterocycles. The first kappa shape index (κ1) is 16.2. The number of sulfonamides is 1. The van der Waals surface area contributed by atoms with Crippen LogP contribution in [0.2, 0.25) is 0 Å². The van der Waals surface area contributed by atoms with E-state index in [1.54, 1.807) is 49.4 Å². The maximum absolute atomic E-state index is 12.5. The SMILES string of the molecule is Cc1nnc(-c2ccc(NS(=O)(=O)c3ccc(C)c(C)c3)cc2)o1. The number of hydrogen-bond acceptors (Lipinski definition) is 5. The predicted molar refractivity (Wildman–Crippen MR) is 91.2 cm³/mol. The molecular formula is C17H17N3O3S. The Kier molecular flexibility index (Phi) is 4.11. The number of nitrogens with zero attached hydrogens (tertiary/aromatic N) is 2. The van der Waals surface area contributed by atoms with E-state index < -0.39 is 10.0 Å². The Morgan fingerprint density at radius 1 is 0.917 bits per heavy atom. The number of rotatable bonds is 4. The summed E-state index contributed by atoms with van der Waals surface area (Å²) in [5.41, 5.74) is 3.17. The summed E-state index contributed by atoms with van der Waals surface area (Å²) in [6, 6.07) is 11.8. The lowest BCUT2D eigenvalue weighted by atomic mass is 10.1. The van der Waals surface area contributed by atoms with Crippen LogP contribution in [-0.2, 0) is 10.0 Å². The summed E-state index contributed by atoms with van der Waals surface area (Å²) in [7, 11) is -3.63. The van der Waals surface area contributed by atoms with E-state index in [4.69, 9.17) is 4.42 Å². The first-order chi connectivity index (χ1) is 11.3. The molecule has 0 aliphatic heterocycles. The second kappa shape index (κ2) is 6.09. The third-order valence-corrected chi connectivity index (χ3v) is 5.08. The lowest BCUT2D eigenvalue weighted by Gasteiger charge is -2.10. The number of aryl methyl sites for hydroxylation is 3. The molecule has 24 heavy (non-hydrogen) atoms. The van der Waals surface area contributed by atoms with Gasteiger partial charge in [-0.25, -0.2) is 8.42 Å². The molecule has 6 nitrogen and oxygen atoms in total. The van der Waals surface area contributed by atoms with Gasteiger partial charge in [-0.1, -0.05) is 6.07 Å². The third kappa shape index (κ3) is 3.30. The molecule has 0 bridgehead atoms. The van der Waals surface area contributed by atoms with Gasteiger partial charge in [-0.3, -0.25) is 4.72 Å². The Labute approximate surface area is 140 Å². The van der Waals surface area contributed by atoms with Gasteiger partial charge in [0.25, 0.3) is 10.0 Å². The molecule has 0 aliphatic rings. The minimum Gasteiger partial charge on any atom is -0.421 e. The molecule has 3 aromatic rings. The van der Waals surface area contributed by atoms with Crippen LogP contribution in [0.3, 0.4) is 0 Å². The lowest BCUT2D eigenvalue weighted by molar-refractivity contribution is 0.533. The van der Waals surface area contributed by atoms with Crippen molar-refractivity contribution in [1.29, 1.82) is 0 Å². The highest BCUT2D eigenvalue weighted by Gasteiger charge is 2.15. The number of anilines is 1. The van der Waals surface area contributed by atoms with Gasteiger partial charge in [0.05, 0.1) is 4.90 Å². The highest BCUT2D eigenvalue weighted by atomic mass is 32.2. The van der Waals surface area contributed by atoms with Gasteiger partial charge in [-0.05, 0) is 61.4 Å². The Morgan fingerprint density at radius 2 is 1.62 bits per heavy atom. The van der Waals surface area contributed by atoms with Gasteiger partial charge in [0.2, 0.25) is 11.8 Å². The highest BCUT2D eigenvalue weighted by Crippen LogP contribution is 2.22. The van der Waals surface area contributed by atoms with Crippen LogP contribution in [0, 0.1) is 20.8 Å². The van der Waals surface area contributed by atoms with Gasteiger partial charge in [0, 0.05) is 18.2 Å². The topological polar surface area (TPSA) is 85.1 Å². The number of aromatic nitrogens is 2. The summed E-state index contributed by atoms with van der Waals surface area (Å²) in [6.07, 6.45) is 0. The second-order valence-electron chi connectivity index (χ2n) is 5.56. The molecular weight excluding hydrogens is 326 g/mol. The highest BCUT2D eigenvalue weighted by molar-refractivity contribution is 7.92. The molecule has 0 spiro atoms. The van der Waals surface area contributed by atoms with Crippen molar-refractivity contribution in [2.24, 2.45) is 0 Å². The van der Waals surface area contributed by atoms with Crippen molar-refractivity contribution in [3.63, 3.8) is 0 Å². The largest absolute Gasteiger partial charge is 0.421 e. The van der Waals surface area contributed by atoms with Gasteiger partial charge in [-0.2, -0.15) is 0 Å². The summed E-state index contributed by atoms with van der Waals surface area (Å²) in [5, 5.41) is 7.70. The van der Waals surface area contributed by atoms with Crippen LogP contribution in [0.4, 0.5) is 5.69 Å². The monoisotopic (exact) mass is 343 g/mol. The molecule has 0 saturated carbocycles. The van der Waals surface area contributed by atoms with Crippen molar-refractivity contribution in [2.45, 2.75) is 25.7 Å². The Hall–Kier alpha value is -2.67. The van der Waals surface area contributed by atoms with Crippen molar-refractivity contribution in [3.05, 3.63) is 59.5 Å². The quantitative estimate of drug-likeness (QED) is 0.784. The van der Waals surface area contributed by atoms with Crippen molar-refractivity contribution < 1.29 is 12.8 Å². The van der Waals surface area contributed by atoms with Crippen LogP contribution in [0.25, 0.3) is 11.5 Å². The fraction of sp³-hybridized carbons (Fsp3) is 0.176. The molecule has 0 amide bonds. The fourth-order valence-corrected chi connectivity index (χ4v) is 3.33. The van der Waals surface area contributed by atoms with Crippen LogP contribution in [0.15, 0.2) is 51.8 Å². The van der Waals surface area contributed by atoms with E-state index in [0.717, 1.165) is 16.7 Å². The van der Waals surface area contributed by atoms with E-state index >= 15 is 0 Å². The van der Waals surface area contributed by atoms with Gasteiger partial charge >= 0.3 is 0 Å². The van der Waals surface area contributed by atoms with Crippen molar-refractivity contribution in [1.82, 2.24) is 10.2 Å². The van der Waals surface area contributed by atoms with Crippen molar-refractivity contribution in [2.75, 3.05) is 4.72 Å².